The summed E-state index contributed by atoms with van der Waals surface area (Å²) in [6, 6.07) is 23.0. The largest absolute Gasteiger partial charge is 0.480 e. The van der Waals surface area contributed by atoms with Crippen LogP contribution < -0.4 is 4.90 Å². The first-order valence-corrected chi connectivity index (χ1v) is 12.5. The minimum Gasteiger partial charge on any atom is -0.480 e. The van der Waals surface area contributed by atoms with E-state index in [2.05, 4.69) is 11.8 Å². The van der Waals surface area contributed by atoms with Crippen molar-refractivity contribution in [1.82, 2.24) is 9.80 Å². The summed E-state index contributed by atoms with van der Waals surface area (Å²) in [6.07, 6.45) is 0.0442. The quantitative estimate of drug-likeness (QED) is 0.497. The fraction of sp³-hybridized carbons (Fsp3) is 0.241. The predicted molar refractivity (Wildman–Crippen MR) is 142 cm³/mol. The van der Waals surface area contributed by atoms with Crippen molar-refractivity contribution in [2.24, 2.45) is 0 Å². The molecule has 2 N–H and O–H groups in total. The van der Waals surface area contributed by atoms with Gasteiger partial charge in [-0.3, -0.25) is 9.80 Å². The van der Waals surface area contributed by atoms with E-state index in [1.54, 1.807) is 34.1 Å². The fourth-order valence-electron chi connectivity index (χ4n) is 5.27. The van der Waals surface area contributed by atoms with Crippen LogP contribution in [-0.2, 0) is 4.79 Å². The lowest BCUT2D eigenvalue weighted by atomic mass is 10.0. The summed E-state index contributed by atoms with van der Waals surface area (Å²) in [5.41, 5.74) is 1.98. The zero-order valence-electron chi connectivity index (χ0n) is 19.9. The molecule has 7 nitrogen and oxygen atoms in total. The first-order valence-electron chi connectivity index (χ1n) is 12.1. The molecule has 2 aliphatic heterocycles. The van der Waals surface area contributed by atoms with Gasteiger partial charge in [-0.1, -0.05) is 53.9 Å². The topological polar surface area (TPSA) is 84.3 Å². The van der Waals surface area contributed by atoms with Crippen molar-refractivity contribution in [1.29, 1.82) is 0 Å². The molecular formula is C29H26ClN3O4. The molecule has 0 aromatic heterocycles. The number of halogens is 1. The van der Waals surface area contributed by atoms with Crippen LogP contribution in [0.1, 0.15) is 18.4 Å². The molecule has 2 amide bonds. The highest BCUT2D eigenvalue weighted by atomic mass is 35.5. The number of carboxylic acids is 1. The number of fused-ring (bicyclic) bond motifs is 2. The number of para-hydroxylation sites is 2. The van der Waals surface area contributed by atoms with Crippen LogP contribution in [0.5, 0.6) is 0 Å². The Morgan fingerprint density at radius 1 is 0.919 bits per heavy atom. The first-order chi connectivity index (χ1) is 17.9. The van der Waals surface area contributed by atoms with Crippen LogP contribution in [0.2, 0.25) is 5.02 Å². The van der Waals surface area contributed by atoms with Crippen LogP contribution in [0.4, 0.5) is 16.2 Å². The highest BCUT2D eigenvalue weighted by Gasteiger charge is 2.53. The Kier molecular flexibility index (Phi) is 7.15. The van der Waals surface area contributed by atoms with Crippen LogP contribution in [0.3, 0.4) is 0 Å². The zero-order valence-corrected chi connectivity index (χ0v) is 20.7. The molecule has 2 bridgehead atoms. The molecule has 1 unspecified atom stereocenters. The Balaban J connectivity index is 1.44. The Hall–Kier alpha value is -3.83. The lowest BCUT2D eigenvalue weighted by Gasteiger charge is -2.46. The van der Waals surface area contributed by atoms with E-state index < -0.39 is 30.3 Å². The summed E-state index contributed by atoms with van der Waals surface area (Å²) in [5, 5.41) is 21.8. The highest BCUT2D eigenvalue weighted by molar-refractivity contribution is 6.30. The fourth-order valence-corrected chi connectivity index (χ4v) is 5.40. The third kappa shape index (κ3) is 5.05. The Labute approximate surface area is 220 Å². The minimum atomic E-state index is -1.16. The van der Waals surface area contributed by atoms with Crippen LogP contribution in [0.25, 0.3) is 0 Å². The summed E-state index contributed by atoms with van der Waals surface area (Å²) in [6.45, 7) is 0.169. The van der Waals surface area contributed by atoms with Crippen LogP contribution in [-0.4, -0.2) is 62.9 Å². The van der Waals surface area contributed by atoms with Gasteiger partial charge in [-0.05, 0) is 67.3 Å². The zero-order chi connectivity index (χ0) is 25.9. The third-order valence-corrected chi connectivity index (χ3v) is 7.15. The number of nitrogens with zero attached hydrogens (tertiary/aromatic N) is 3. The van der Waals surface area contributed by atoms with Crippen molar-refractivity contribution in [2.75, 3.05) is 11.4 Å². The highest BCUT2D eigenvalue weighted by Crippen LogP contribution is 2.37. The Morgan fingerprint density at radius 3 is 2.08 bits per heavy atom. The van der Waals surface area contributed by atoms with Gasteiger partial charge < -0.3 is 15.1 Å². The number of aliphatic carboxylic acids is 1. The monoisotopic (exact) mass is 515 g/mol. The Morgan fingerprint density at radius 2 is 1.51 bits per heavy atom. The molecule has 2 fully saturated rings. The second-order valence-electron chi connectivity index (χ2n) is 9.12. The van der Waals surface area contributed by atoms with E-state index in [0.29, 0.717) is 34.8 Å². The van der Waals surface area contributed by atoms with Crippen molar-refractivity contribution in [3.8, 4) is 11.8 Å². The van der Waals surface area contributed by atoms with Gasteiger partial charge in [-0.25, -0.2) is 9.59 Å². The number of aliphatic hydroxyl groups is 1. The molecule has 188 valence electrons. The van der Waals surface area contributed by atoms with Crippen LogP contribution in [0.15, 0.2) is 84.9 Å². The molecule has 3 aromatic rings. The van der Waals surface area contributed by atoms with Crippen molar-refractivity contribution >= 4 is 35.0 Å². The molecule has 0 saturated carbocycles. The van der Waals surface area contributed by atoms with E-state index in [1.165, 1.54) is 4.90 Å². The van der Waals surface area contributed by atoms with Gasteiger partial charge in [0.05, 0.1) is 11.4 Å². The summed E-state index contributed by atoms with van der Waals surface area (Å²) in [4.78, 5) is 31.3. The lowest BCUT2D eigenvalue weighted by Crippen LogP contribution is -2.66. The summed E-state index contributed by atoms with van der Waals surface area (Å²) in [7, 11) is 0. The number of carbonyl (C=O) groups is 2. The van der Waals surface area contributed by atoms with E-state index in [1.807, 2.05) is 60.7 Å². The number of likely N-dealkylation sites (tertiary alicyclic amines) is 1. The molecule has 5 rings (SSSR count). The smallest absolute Gasteiger partial charge is 0.329 e. The minimum absolute atomic E-state index is 0.169. The van der Waals surface area contributed by atoms with Gasteiger partial charge in [0.25, 0.3) is 0 Å². The first kappa shape index (κ1) is 24.8. The van der Waals surface area contributed by atoms with Crippen molar-refractivity contribution < 1.29 is 19.8 Å². The van der Waals surface area contributed by atoms with Crippen LogP contribution in [0, 0.1) is 11.8 Å². The van der Waals surface area contributed by atoms with E-state index in [9.17, 15) is 19.8 Å². The maximum atomic E-state index is 14.0. The molecule has 4 atom stereocenters. The number of urea groups is 1. The molecule has 0 spiro atoms. The average molecular weight is 516 g/mol. The number of rotatable bonds is 4. The number of benzene rings is 3. The van der Waals surface area contributed by atoms with E-state index in [0.717, 1.165) is 0 Å². The molecule has 0 aliphatic carbocycles. The summed E-state index contributed by atoms with van der Waals surface area (Å²) >= 11 is 5.93. The number of aliphatic hydroxyl groups excluding tert-OH is 1. The van der Waals surface area contributed by atoms with E-state index in [-0.39, 0.29) is 12.6 Å². The van der Waals surface area contributed by atoms with Crippen molar-refractivity contribution in [3.05, 3.63) is 95.5 Å². The molecule has 2 heterocycles. The summed E-state index contributed by atoms with van der Waals surface area (Å²) in [5.74, 6) is 4.68. The molecule has 2 aliphatic rings. The van der Waals surface area contributed by atoms with Gasteiger partial charge in [0, 0.05) is 29.2 Å². The van der Waals surface area contributed by atoms with Gasteiger partial charge in [0.15, 0.2) is 6.23 Å². The summed E-state index contributed by atoms with van der Waals surface area (Å²) < 4.78 is 0. The maximum Gasteiger partial charge on any atom is 0.329 e. The van der Waals surface area contributed by atoms with Gasteiger partial charge >= 0.3 is 12.0 Å². The maximum absolute atomic E-state index is 14.0. The van der Waals surface area contributed by atoms with Gasteiger partial charge in [0.2, 0.25) is 0 Å². The SMILES string of the molecule is O=C(O)[C@@H]1[C@H]2CC[C@@H](CN1C(=O)N(c1ccccc1)c1ccccc1)N2C(O)C#Cc1ccc(Cl)cc1. The van der Waals surface area contributed by atoms with Crippen molar-refractivity contribution in [3.63, 3.8) is 0 Å². The van der Waals surface area contributed by atoms with Crippen LogP contribution >= 0.6 is 11.6 Å². The third-order valence-electron chi connectivity index (χ3n) is 6.90. The number of carboxylic acid groups (broad SMARTS) is 1. The number of carbonyl (C=O) groups excluding carboxylic acids is 1. The number of hydrogen-bond donors (Lipinski definition) is 2. The van der Waals surface area contributed by atoms with Gasteiger partial charge in [0.1, 0.15) is 6.04 Å². The second kappa shape index (κ2) is 10.7. The molecule has 37 heavy (non-hydrogen) atoms. The predicted octanol–water partition coefficient (Wildman–Crippen LogP) is 4.57. The molecule has 8 heteroatoms. The molecular weight excluding hydrogens is 490 g/mol. The second-order valence-corrected chi connectivity index (χ2v) is 9.56. The number of amides is 2. The van der Waals surface area contributed by atoms with Crippen molar-refractivity contribution in [2.45, 2.75) is 37.2 Å². The number of anilines is 2. The Bertz CT molecular complexity index is 1280. The van der Waals surface area contributed by atoms with Gasteiger partial charge in [-0.15, -0.1) is 0 Å². The van der Waals surface area contributed by atoms with E-state index in [4.69, 9.17) is 11.6 Å². The molecule has 3 aromatic carbocycles. The molecule has 2 saturated heterocycles. The average Bonchev–Trinajstić information content (AvgIpc) is 3.22. The molecule has 0 radical (unpaired) electrons. The normalized spacial score (nSPS) is 21.6. The number of piperazine rings is 1. The lowest BCUT2D eigenvalue weighted by molar-refractivity contribution is -0.149. The standard InChI is InChI=1S/C29H26ClN3O4/c30-21-14-11-20(12-15-21)13-18-26(34)33-24-16-17-25(33)27(28(35)36)31(19-24)29(37)32(22-7-3-1-4-8-22)23-9-5-2-6-10-23/h1-12,14-15,24-27,34H,16-17,19H2,(H,35,36)/t24-,25+,26?,27-/m0/s1. The van der Waals surface area contributed by atoms with E-state index >= 15 is 0 Å². The van der Waals surface area contributed by atoms with Gasteiger partial charge in [-0.2, -0.15) is 0 Å². The number of hydrogen-bond acceptors (Lipinski definition) is 4.